The summed E-state index contributed by atoms with van der Waals surface area (Å²) in [5.41, 5.74) is 3.16. The molecule has 1 aliphatic rings. The monoisotopic (exact) mass is 380 g/mol. The van der Waals surface area contributed by atoms with Gasteiger partial charge in [-0.3, -0.25) is 9.78 Å². The van der Waals surface area contributed by atoms with Crippen LogP contribution in [-0.2, 0) is 6.54 Å². The molecular weight excluding hydrogens is 360 g/mol. The predicted molar refractivity (Wildman–Crippen MR) is 105 cm³/mol. The van der Waals surface area contributed by atoms with E-state index < -0.39 is 0 Å². The van der Waals surface area contributed by atoms with Crippen molar-refractivity contribution in [2.24, 2.45) is 0 Å². The van der Waals surface area contributed by atoms with E-state index in [0.717, 1.165) is 21.7 Å². The normalized spacial score (nSPS) is 13.6. The maximum absolute atomic E-state index is 12.9. The Morgan fingerprint density at radius 3 is 2.78 bits per heavy atom. The molecule has 0 spiro atoms. The second kappa shape index (κ2) is 7.04. The molecule has 1 N–H and O–H groups in total. The van der Waals surface area contributed by atoms with Crippen molar-refractivity contribution < 1.29 is 14.6 Å². The number of rotatable bonds is 2. The minimum absolute atomic E-state index is 0.0872. The number of benzene rings is 1. The summed E-state index contributed by atoms with van der Waals surface area (Å²) >= 11 is 1.67. The summed E-state index contributed by atoms with van der Waals surface area (Å²) < 4.78 is 5.75. The van der Waals surface area contributed by atoms with Crippen LogP contribution in [0.1, 0.15) is 26.5 Å². The molecule has 3 heterocycles. The molecule has 0 aliphatic carbocycles. The molecule has 5 nitrogen and oxygen atoms in total. The quantitative estimate of drug-likeness (QED) is 0.725. The van der Waals surface area contributed by atoms with Gasteiger partial charge in [0.2, 0.25) is 0 Å². The van der Waals surface area contributed by atoms with Crippen LogP contribution in [0.5, 0.6) is 11.5 Å². The maximum Gasteiger partial charge on any atom is 0.255 e. The Morgan fingerprint density at radius 1 is 1.22 bits per heavy atom. The van der Waals surface area contributed by atoms with Gasteiger partial charge in [0.1, 0.15) is 6.61 Å². The highest BCUT2D eigenvalue weighted by Crippen LogP contribution is 2.39. The molecule has 0 radical (unpaired) electrons. The number of hydrogen-bond donors (Lipinski definition) is 1. The lowest BCUT2D eigenvalue weighted by Crippen LogP contribution is -2.32. The summed E-state index contributed by atoms with van der Waals surface area (Å²) in [6, 6.07) is 11.4. The van der Waals surface area contributed by atoms with E-state index in [4.69, 9.17) is 4.74 Å². The fourth-order valence-electron chi connectivity index (χ4n) is 3.18. The van der Waals surface area contributed by atoms with E-state index in [1.807, 2.05) is 25.1 Å². The number of carbonyl (C=O) groups excluding carboxylic acids is 1. The molecule has 27 heavy (non-hydrogen) atoms. The van der Waals surface area contributed by atoms with Crippen molar-refractivity contribution in [3.8, 4) is 21.9 Å². The molecule has 1 amide bonds. The number of pyridine rings is 1. The molecule has 3 aromatic rings. The zero-order valence-corrected chi connectivity index (χ0v) is 16.0. The number of thiophene rings is 1. The molecule has 0 fully saturated rings. The number of aryl methyl sites for hydroxylation is 2. The van der Waals surface area contributed by atoms with Crippen LogP contribution in [0.15, 0.2) is 42.6 Å². The van der Waals surface area contributed by atoms with Crippen LogP contribution in [-0.4, -0.2) is 34.0 Å². The van der Waals surface area contributed by atoms with Gasteiger partial charge in [-0.25, -0.2) is 0 Å². The first-order chi connectivity index (χ1) is 13.0. The zero-order valence-electron chi connectivity index (χ0n) is 15.2. The number of phenolic OH excluding ortho intramolecular Hbond substituents is 1. The van der Waals surface area contributed by atoms with Crippen LogP contribution in [0.25, 0.3) is 10.4 Å². The van der Waals surface area contributed by atoms with Gasteiger partial charge < -0.3 is 14.7 Å². The smallest absolute Gasteiger partial charge is 0.255 e. The van der Waals surface area contributed by atoms with E-state index in [9.17, 15) is 9.90 Å². The number of fused-ring (bicyclic) bond motifs is 1. The summed E-state index contributed by atoms with van der Waals surface area (Å²) in [7, 11) is 0. The van der Waals surface area contributed by atoms with Gasteiger partial charge in [-0.05, 0) is 55.8 Å². The third-order valence-electron chi connectivity index (χ3n) is 4.59. The highest BCUT2D eigenvalue weighted by Gasteiger charge is 2.24. The molecule has 1 aliphatic heterocycles. The fourth-order valence-corrected chi connectivity index (χ4v) is 4.04. The SMILES string of the molecule is Cc1ccc(C(=O)N2CCOc3c(O)cc(-c4ccc(C)s4)cc3C2)cn1. The second-order valence-electron chi connectivity index (χ2n) is 6.66. The molecule has 0 saturated carbocycles. The molecular formula is C21H20N2O3S. The average molecular weight is 380 g/mol. The lowest BCUT2D eigenvalue weighted by atomic mass is 10.1. The van der Waals surface area contributed by atoms with Crippen molar-refractivity contribution in [1.82, 2.24) is 9.88 Å². The van der Waals surface area contributed by atoms with Crippen molar-refractivity contribution in [1.29, 1.82) is 0 Å². The first-order valence-electron chi connectivity index (χ1n) is 8.78. The van der Waals surface area contributed by atoms with E-state index in [0.29, 0.717) is 31.0 Å². The predicted octanol–water partition coefficient (Wildman–Crippen LogP) is 4.17. The van der Waals surface area contributed by atoms with Gasteiger partial charge >= 0.3 is 0 Å². The number of hydrogen-bond acceptors (Lipinski definition) is 5. The first-order valence-corrected chi connectivity index (χ1v) is 9.60. The average Bonchev–Trinajstić information content (AvgIpc) is 2.97. The minimum Gasteiger partial charge on any atom is -0.504 e. The van der Waals surface area contributed by atoms with E-state index in [1.54, 1.807) is 34.6 Å². The van der Waals surface area contributed by atoms with Crippen molar-refractivity contribution in [2.45, 2.75) is 20.4 Å². The fraction of sp³-hybridized carbons (Fsp3) is 0.238. The summed E-state index contributed by atoms with van der Waals surface area (Å²) in [5.74, 6) is 0.486. The van der Waals surface area contributed by atoms with Crippen molar-refractivity contribution in [3.63, 3.8) is 0 Å². The minimum atomic E-state index is -0.0872. The number of aromatic nitrogens is 1. The van der Waals surface area contributed by atoms with Gasteiger partial charge in [-0.2, -0.15) is 0 Å². The highest BCUT2D eigenvalue weighted by molar-refractivity contribution is 7.15. The zero-order chi connectivity index (χ0) is 19.0. The van der Waals surface area contributed by atoms with Gasteiger partial charge in [0.25, 0.3) is 5.91 Å². The van der Waals surface area contributed by atoms with Crippen LogP contribution in [0, 0.1) is 13.8 Å². The molecule has 0 atom stereocenters. The number of carbonyl (C=O) groups is 1. The van der Waals surface area contributed by atoms with Crippen molar-refractivity contribution >= 4 is 17.2 Å². The summed E-state index contributed by atoms with van der Waals surface area (Å²) in [5, 5.41) is 10.5. The van der Waals surface area contributed by atoms with E-state index in [2.05, 4.69) is 18.0 Å². The third kappa shape index (κ3) is 3.53. The Morgan fingerprint density at radius 2 is 2.07 bits per heavy atom. The molecule has 138 valence electrons. The Hall–Kier alpha value is -2.86. The summed E-state index contributed by atoms with van der Waals surface area (Å²) in [4.78, 5) is 21.1. The largest absolute Gasteiger partial charge is 0.504 e. The number of phenols is 1. The Bertz CT molecular complexity index is 995. The van der Waals surface area contributed by atoms with Crippen molar-refractivity contribution in [3.05, 3.63) is 64.3 Å². The Balaban J connectivity index is 1.67. The highest BCUT2D eigenvalue weighted by atomic mass is 32.1. The van der Waals surface area contributed by atoms with Crippen molar-refractivity contribution in [2.75, 3.05) is 13.2 Å². The molecule has 4 rings (SSSR count). The molecule has 1 aromatic carbocycles. The number of amides is 1. The number of ether oxygens (including phenoxy) is 1. The standard InChI is InChI=1S/C21H20N2O3S/c1-13-3-5-15(11-22-13)21(25)23-7-8-26-20-17(12-23)9-16(10-18(20)24)19-6-4-14(2)27-19/h3-6,9-11,24H,7-8,12H2,1-2H3. The van der Waals surface area contributed by atoms with Crippen LogP contribution in [0.3, 0.4) is 0 Å². The molecule has 0 bridgehead atoms. The number of aromatic hydroxyl groups is 1. The van der Waals surface area contributed by atoms with E-state index >= 15 is 0 Å². The van der Waals surface area contributed by atoms with Gasteiger partial charge in [-0.15, -0.1) is 11.3 Å². The first kappa shape index (κ1) is 17.5. The van der Waals surface area contributed by atoms with Crippen LogP contribution >= 0.6 is 11.3 Å². The summed E-state index contributed by atoms with van der Waals surface area (Å²) in [6.45, 7) is 5.11. The second-order valence-corrected chi connectivity index (χ2v) is 7.95. The van der Waals surface area contributed by atoms with Gasteiger partial charge in [0.15, 0.2) is 11.5 Å². The Labute approximate surface area is 161 Å². The Kier molecular flexibility index (Phi) is 4.58. The van der Waals surface area contributed by atoms with E-state index in [-0.39, 0.29) is 11.7 Å². The molecule has 0 unspecified atom stereocenters. The third-order valence-corrected chi connectivity index (χ3v) is 5.64. The van der Waals surface area contributed by atoms with Gasteiger partial charge in [0, 0.05) is 33.8 Å². The maximum atomic E-state index is 12.9. The van der Waals surface area contributed by atoms with E-state index in [1.165, 1.54) is 4.88 Å². The van der Waals surface area contributed by atoms with Crippen LogP contribution < -0.4 is 4.74 Å². The van der Waals surface area contributed by atoms with Crippen LogP contribution in [0.4, 0.5) is 0 Å². The molecule has 0 saturated heterocycles. The van der Waals surface area contributed by atoms with Gasteiger partial charge in [-0.1, -0.05) is 0 Å². The lowest BCUT2D eigenvalue weighted by molar-refractivity contribution is 0.0732. The lowest BCUT2D eigenvalue weighted by Gasteiger charge is -2.20. The van der Waals surface area contributed by atoms with Gasteiger partial charge in [0.05, 0.1) is 12.1 Å². The van der Waals surface area contributed by atoms with Crippen LogP contribution in [0.2, 0.25) is 0 Å². The molecule has 6 heteroatoms. The topological polar surface area (TPSA) is 62.7 Å². The summed E-state index contributed by atoms with van der Waals surface area (Å²) in [6.07, 6.45) is 1.60. The molecule has 2 aromatic heterocycles. The number of nitrogens with zero attached hydrogens (tertiary/aromatic N) is 2.